The zero-order valence-electron chi connectivity index (χ0n) is 15.7. The first-order chi connectivity index (χ1) is 13.1. The number of aliphatic hydroxyl groups excluding tert-OH is 1. The number of hydrogen-bond acceptors (Lipinski definition) is 5. The van der Waals surface area contributed by atoms with Crippen molar-refractivity contribution in [1.82, 2.24) is 14.3 Å². The van der Waals surface area contributed by atoms with Crippen LogP contribution in [-0.2, 0) is 16.4 Å². The minimum Gasteiger partial charge on any atom is -0.390 e. The van der Waals surface area contributed by atoms with E-state index in [2.05, 4.69) is 9.97 Å². The van der Waals surface area contributed by atoms with Crippen molar-refractivity contribution in [3.8, 4) is 0 Å². The Bertz CT molecular complexity index is 911. The van der Waals surface area contributed by atoms with E-state index < -0.39 is 27.5 Å². The molecule has 0 saturated heterocycles. The Labute approximate surface area is 174 Å². The van der Waals surface area contributed by atoms with Gasteiger partial charge in [0, 0.05) is 20.0 Å². The molecule has 28 heavy (non-hydrogen) atoms. The lowest BCUT2D eigenvalue weighted by atomic mass is 10.0. The van der Waals surface area contributed by atoms with Crippen molar-refractivity contribution in [2.24, 2.45) is 0 Å². The third-order valence-corrected chi connectivity index (χ3v) is 8.04. The maximum Gasteiger partial charge on any atom is 0.216 e. The van der Waals surface area contributed by atoms with Crippen molar-refractivity contribution in [2.45, 2.75) is 50.2 Å². The van der Waals surface area contributed by atoms with Crippen LogP contribution in [0.5, 0.6) is 0 Å². The quantitative estimate of drug-likeness (QED) is 0.537. The third-order valence-electron chi connectivity index (χ3n) is 5.32. The number of hydrogen-bond donors (Lipinski definition) is 3. The summed E-state index contributed by atoms with van der Waals surface area (Å²) in [4.78, 5) is 7.67. The summed E-state index contributed by atoms with van der Waals surface area (Å²) >= 11 is 12.0. The highest BCUT2D eigenvalue weighted by Crippen LogP contribution is 2.32. The van der Waals surface area contributed by atoms with Crippen molar-refractivity contribution in [2.75, 3.05) is 19.3 Å². The summed E-state index contributed by atoms with van der Waals surface area (Å²) < 4.78 is 26.2. The highest BCUT2D eigenvalue weighted by atomic mass is 35.5. The second kappa shape index (κ2) is 8.45. The minimum atomic E-state index is -3.64. The Hall–Kier alpha value is -0.900. The standard InChI is InChI=1S/C18H25Cl2N3O4S/c1-23(28(26,27)11-18(25)7-4-5-16(18)24)8-3-2-6-17-21-14-9-12(19)13(20)10-15(14)22-17/h9-10,16,24-25H,2-8,11H2,1H3,(H,21,22). The van der Waals surface area contributed by atoms with E-state index in [0.29, 0.717) is 48.7 Å². The number of aromatic amines is 1. The van der Waals surface area contributed by atoms with Gasteiger partial charge in [-0.2, -0.15) is 0 Å². The van der Waals surface area contributed by atoms with Gasteiger partial charge in [0.25, 0.3) is 0 Å². The van der Waals surface area contributed by atoms with Crippen LogP contribution in [0.25, 0.3) is 11.0 Å². The molecule has 1 aromatic heterocycles. The second-order valence-electron chi connectivity index (χ2n) is 7.51. The summed E-state index contributed by atoms with van der Waals surface area (Å²) in [5.74, 6) is 0.352. The molecule has 3 rings (SSSR count). The van der Waals surface area contributed by atoms with Gasteiger partial charge in [-0.05, 0) is 44.2 Å². The first-order valence-corrected chi connectivity index (χ1v) is 11.7. The zero-order valence-corrected chi connectivity index (χ0v) is 18.0. The van der Waals surface area contributed by atoms with Crippen LogP contribution in [-0.4, -0.2) is 64.0 Å². The average molecular weight is 450 g/mol. The molecular formula is C18H25Cl2N3O4S. The molecule has 156 valence electrons. The fourth-order valence-corrected chi connectivity index (χ4v) is 5.49. The fraction of sp³-hybridized carbons (Fsp3) is 0.611. The number of imidazole rings is 1. The van der Waals surface area contributed by atoms with Crippen molar-refractivity contribution < 1.29 is 18.6 Å². The Morgan fingerprint density at radius 3 is 2.71 bits per heavy atom. The van der Waals surface area contributed by atoms with Gasteiger partial charge in [0.2, 0.25) is 10.0 Å². The molecule has 0 bridgehead atoms. The summed E-state index contributed by atoms with van der Waals surface area (Å²) in [6.07, 6.45) is 2.45. The van der Waals surface area contributed by atoms with Gasteiger partial charge in [-0.3, -0.25) is 0 Å². The molecule has 1 fully saturated rings. The van der Waals surface area contributed by atoms with E-state index in [9.17, 15) is 18.6 Å². The number of rotatable bonds is 8. The molecule has 1 saturated carbocycles. The largest absolute Gasteiger partial charge is 0.390 e. The number of halogens is 2. The molecule has 0 amide bonds. The number of unbranched alkanes of at least 4 members (excludes halogenated alkanes) is 1. The van der Waals surface area contributed by atoms with Crippen molar-refractivity contribution in [1.29, 1.82) is 0 Å². The topological polar surface area (TPSA) is 107 Å². The highest BCUT2D eigenvalue weighted by molar-refractivity contribution is 7.89. The molecule has 1 aliphatic carbocycles. The van der Waals surface area contributed by atoms with E-state index in [1.165, 1.54) is 11.4 Å². The number of sulfonamides is 1. The second-order valence-corrected chi connectivity index (χ2v) is 10.4. The number of benzene rings is 1. The summed E-state index contributed by atoms with van der Waals surface area (Å²) in [5, 5.41) is 21.2. The fourth-order valence-electron chi connectivity index (χ4n) is 3.57. The normalized spacial score (nSPS) is 23.1. The maximum absolute atomic E-state index is 12.5. The van der Waals surface area contributed by atoms with Gasteiger partial charge < -0.3 is 15.2 Å². The predicted molar refractivity (Wildman–Crippen MR) is 110 cm³/mol. The number of nitrogens with one attached hydrogen (secondary N) is 1. The Balaban J connectivity index is 1.50. The molecule has 0 radical (unpaired) electrons. The van der Waals surface area contributed by atoms with Gasteiger partial charge >= 0.3 is 0 Å². The van der Waals surface area contributed by atoms with Crippen LogP contribution >= 0.6 is 23.2 Å². The van der Waals surface area contributed by atoms with E-state index in [4.69, 9.17) is 23.2 Å². The molecule has 1 aliphatic rings. The summed E-state index contributed by atoms with van der Waals surface area (Å²) in [7, 11) is -2.13. The first kappa shape index (κ1) is 21.8. The number of aryl methyl sites for hydroxylation is 1. The van der Waals surface area contributed by atoms with Crippen molar-refractivity contribution in [3.05, 3.63) is 28.0 Å². The van der Waals surface area contributed by atoms with E-state index in [0.717, 1.165) is 23.3 Å². The van der Waals surface area contributed by atoms with Crippen LogP contribution in [0.1, 0.15) is 37.9 Å². The Morgan fingerprint density at radius 2 is 2.04 bits per heavy atom. The summed E-state index contributed by atoms with van der Waals surface area (Å²) in [6, 6.07) is 3.44. The van der Waals surface area contributed by atoms with Gasteiger partial charge in [0.15, 0.2) is 0 Å². The molecule has 2 aromatic rings. The molecule has 1 aromatic carbocycles. The van der Waals surface area contributed by atoms with E-state index >= 15 is 0 Å². The predicted octanol–water partition coefficient (Wildman–Crippen LogP) is 2.73. The van der Waals surface area contributed by atoms with Crippen LogP contribution < -0.4 is 0 Å². The third kappa shape index (κ3) is 4.80. The monoisotopic (exact) mass is 449 g/mol. The number of aromatic nitrogens is 2. The Kier molecular flexibility index (Phi) is 6.58. The van der Waals surface area contributed by atoms with Gasteiger partial charge in [0.05, 0.1) is 32.9 Å². The van der Waals surface area contributed by atoms with E-state index in [1.807, 2.05) is 0 Å². The Morgan fingerprint density at radius 1 is 1.32 bits per heavy atom. The van der Waals surface area contributed by atoms with E-state index in [1.54, 1.807) is 12.1 Å². The molecular weight excluding hydrogens is 425 g/mol. The van der Waals surface area contributed by atoms with Crippen molar-refractivity contribution >= 4 is 44.3 Å². The number of fused-ring (bicyclic) bond motifs is 1. The first-order valence-electron chi connectivity index (χ1n) is 9.29. The molecule has 2 unspecified atom stereocenters. The SMILES string of the molecule is CN(CCCCc1nc2cc(Cl)c(Cl)cc2[nH]1)S(=O)(=O)CC1(O)CCCC1O. The molecule has 2 atom stereocenters. The number of H-pyrrole nitrogens is 1. The number of nitrogens with zero attached hydrogens (tertiary/aromatic N) is 2. The molecule has 10 heteroatoms. The molecule has 1 heterocycles. The highest BCUT2D eigenvalue weighted by Gasteiger charge is 2.44. The maximum atomic E-state index is 12.5. The minimum absolute atomic E-state index is 0.307. The molecule has 3 N–H and O–H groups in total. The molecule has 0 aliphatic heterocycles. The van der Waals surface area contributed by atoms with Crippen LogP contribution in [0.3, 0.4) is 0 Å². The lowest BCUT2D eigenvalue weighted by Gasteiger charge is -2.28. The number of aliphatic hydroxyl groups is 2. The summed E-state index contributed by atoms with van der Waals surface area (Å²) in [5.41, 5.74) is 0.0177. The van der Waals surface area contributed by atoms with Crippen LogP contribution in [0.15, 0.2) is 12.1 Å². The molecule has 0 spiro atoms. The van der Waals surface area contributed by atoms with Crippen molar-refractivity contribution in [3.63, 3.8) is 0 Å². The summed E-state index contributed by atoms with van der Waals surface area (Å²) in [6.45, 7) is 0.340. The van der Waals surface area contributed by atoms with Gasteiger partial charge in [0.1, 0.15) is 11.4 Å². The van der Waals surface area contributed by atoms with Crippen LogP contribution in [0.2, 0.25) is 10.0 Å². The van der Waals surface area contributed by atoms with E-state index in [-0.39, 0.29) is 0 Å². The van der Waals surface area contributed by atoms with Crippen LogP contribution in [0, 0.1) is 0 Å². The van der Waals surface area contributed by atoms with Gasteiger partial charge in [-0.15, -0.1) is 0 Å². The van der Waals surface area contributed by atoms with Gasteiger partial charge in [-0.1, -0.05) is 23.2 Å². The van der Waals surface area contributed by atoms with Gasteiger partial charge in [-0.25, -0.2) is 17.7 Å². The molecule has 7 nitrogen and oxygen atoms in total. The lowest BCUT2D eigenvalue weighted by Crippen LogP contribution is -2.47. The average Bonchev–Trinajstić information content (AvgIpc) is 3.14. The zero-order chi connectivity index (χ0) is 20.5. The van der Waals surface area contributed by atoms with Crippen LogP contribution in [0.4, 0.5) is 0 Å². The smallest absolute Gasteiger partial charge is 0.216 e. The lowest BCUT2D eigenvalue weighted by molar-refractivity contribution is -0.0361.